The fourth-order valence-corrected chi connectivity index (χ4v) is 1.23. The van der Waals surface area contributed by atoms with E-state index in [-0.39, 0.29) is 5.82 Å². The lowest BCUT2D eigenvalue weighted by atomic mass is 10.3. The molecule has 0 aliphatic carbocycles. The lowest BCUT2D eigenvalue weighted by Gasteiger charge is -1.98. The summed E-state index contributed by atoms with van der Waals surface area (Å²) in [5.74, 6) is -0.378. The van der Waals surface area contributed by atoms with Gasteiger partial charge in [-0.3, -0.25) is 0 Å². The van der Waals surface area contributed by atoms with Gasteiger partial charge in [0.15, 0.2) is 0 Å². The molecule has 0 aromatic heterocycles. The summed E-state index contributed by atoms with van der Waals surface area (Å²) in [5.41, 5.74) is 0.854. The molecule has 0 spiro atoms. The first kappa shape index (κ1) is 10.3. The summed E-state index contributed by atoms with van der Waals surface area (Å²) in [6.45, 7) is 0. The van der Waals surface area contributed by atoms with Crippen molar-refractivity contribution in [3.8, 4) is 0 Å². The van der Waals surface area contributed by atoms with Gasteiger partial charge in [-0.2, -0.15) is 0 Å². The van der Waals surface area contributed by atoms with E-state index in [1.165, 1.54) is 24.3 Å². The van der Waals surface area contributed by atoms with Crippen molar-refractivity contribution in [3.05, 3.63) is 65.6 Å². The van der Waals surface area contributed by atoms with Gasteiger partial charge in [-0.15, -0.1) is 0 Å². The number of azo groups is 1. The van der Waals surface area contributed by atoms with E-state index in [0.717, 1.165) is 0 Å². The molecule has 0 N–H and O–H groups in total. The van der Waals surface area contributed by atoms with Crippen LogP contribution in [0.2, 0.25) is 0 Å². The maximum atomic E-state index is 12.6. The highest BCUT2D eigenvalue weighted by Crippen LogP contribution is 2.16. The van der Waals surface area contributed by atoms with E-state index in [0.29, 0.717) is 16.2 Å². The fourth-order valence-electron chi connectivity index (χ4n) is 1.23. The number of halogens is 1. The van der Waals surface area contributed by atoms with Crippen molar-refractivity contribution in [2.45, 2.75) is 0 Å². The van der Waals surface area contributed by atoms with Gasteiger partial charge in [0.2, 0.25) is 5.69 Å². The molecule has 0 aliphatic rings. The van der Waals surface area contributed by atoms with Crippen molar-refractivity contribution in [1.82, 2.24) is 0 Å². The van der Waals surface area contributed by atoms with Crippen LogP contribution in [-0.2, 0) is 0 Å². The molecule has 0 saturated heterocycles. The summed E-state index contributed by atoms with van der Waals surface area (Å²) >= 11 is 0. The van der Waals surface area contributed by atoms with Crippen molar-refractivity contribution in [2.75, 3.05) is 0 Å². The molecule has 2 aromatic rings. The summed E-state index contributed by atoms with van der Waals surface area (Å²) in [6, 6.07) is 14.1. The number of hydrogen-bond donors (Lipinski definition) is 0. The molecule has 0 bridgehead atoms. The average Bonchev–Trinajstić information content (AvgIpc) is 2.31. The first-order valence-electron chi connectivity index (χ1n) is 4.75. The zero-order valence-corrected chi connectivity index (χ0v) is 8.38. The van der Waals surface area contributed by atoms with Crippen molar-refractivity contribution in [2.24, 2.45) is 5.11 Å². The maximum absolute atomic E-state index is 12.6. The highest BCUT2D eigenvalue weighted by Gasteiger charge is 2.03. The molecule has 0 amide bonds. The predicted molar refractivity (Wildman–Crippen MR) is 58.2 cm³/mol. The quantitative estimate of drug-likeness (QED) is 0.428. The van der Waals surface area contributed by atoms with Crippen LogP contribution in [-0.4, -0.2) is 4.86 Å². The van der Waals surface area contributed by atoms with E-state index in [2.05, 4.69) is 5.11 Å². The van der Waals surface area contributed by atoms with Crippen LogP contribution >= 0.6 is 0 Å². The van der Waals surface area contributed by atoms with Crippen molar-refractivity contribution in [3.63, 3.8) is 0 Å². The van der Waals surface area contributed by atoms with Gasteiger partial charge in [0.05, 0.1) is 0 Å². The molecule has 0 atom stereocenters. The van der Waals surface area contributed by atoms with E-state index >= 15 is 0 Å². The second-order valence-corrected chi connectivity index (χ2v) is 3.18. The largest absolute Gasteiger partial charge is 0.594 e. The molecule has 0 radical (unpaired) electrons. The zero-order valence-electron chi connectivity index (χ0n) is 8.38. The standard InChI is InChI=1S/C12H9FN2O/c13-10-6-8-12(9-7-10)15(16)14-11-4-2-1-3-5-11/h1-9H. The second kappa shape index (κ2) is 4.53. The minimum atomic E-state index is -0.378. The third-order valence-corrected chi connectivity index (χ3v) is 2.01. The molecule has 0 aliphatic heterocycles. The zero-order chi connectivity index (χ0) is 11.4. The molecule has 0 saturated carbocycles. The van der Waals surface area contributed by atoms with Crippen LogP contribution < -0.4 is 0 Å². The number of hydrogen-bond acceptors (Lipinski definition) is 2. The Bertz CT molecular complexity index is 494. The minimum Gasteiger partial charge on any atom is -0.594 e. The lowest BCUT2D eigenvalue weighted by Crippen LogP contribution is -1.90. The summed E-state index contributed by atoms with van der Waals surface area (Å²) in [7, 11) is 0. The highest BCUT2D eigenvalue weighted by atomic mass is 19.1. The van der Waals surface area contributed by atoms with Gasteiger partial charge >= 0.3 is 0 Å². The van der Waals surface area contributed by atoms with Gasteiger partial charge in [0, 0.05) is 17.2 Å². The van der Waals surface area contributed by atoms with E-state index in [4.69, 9.17) is 0 Å². The molecule has 0 unspecified atom stereocenters. The SMILES string of the molecule is [O-][N+](=Nc1ccccc1)c1ccc(F)cc1. The Balaban J connectivity index is 2.28. The number of benzene rings is 2. The third-order valence-electron chi connectivity index (χ3n) is 2.01. The fraction of sp³-hybridized carbons (Fsp3) is 0. The molecular formula is C12H9FN2O. The van der Waals surface area contributed by atoms with Gasteiger partial charge in [0.1, 0.15) is 11.5 Å². The summed E-state index contributed by atoms with van der Waals surface area (Å²) in [6.07, 6.45) is 0. The Hall–Kier alpha value is -2.23. The number of nitrogens with zero attached hydrogens (tertiary/aromatic N) is 2. The van der Waals surface area contributed by atoms with Gasteiger partial charge in [-0.05, 0) is 24.3 Å². The van der Waals surface area contributed by atoms with Crippen LogP contribution in [0.3, 0.4) is 0 Å². The Kier molecular flexibility index (Phi) is 2.91. The molecule has 2 rings (SSSR count). The van der Waals surface area contributed by atoms with Gasteiger partial charge in [-0.25, -0.2) is 4.39 Å². The van der Waals surface area contributed by atoms with Crippen molar-refractivity contribution >= 4 is 11.4 Å². The predicted octanol–water partition coefficient (Wildman–Crippen LogP) is 3.75. The average molecular weight is 216 g/mol. The van der Waals surface area contributed by atoms with Crippen LogP contribution in [0.25, 0.3) is 0 Å². The van der Waals surface area contributed by atoms with Crippen LogP contribution in [0.4, 0.5) is 15.8 Å². The second-order valence-electron chi connectivity index (χ2n) is 3.18. The molecular weight excluding hydrogens is 207 g/mol. The third kappa shape index (κ3) is 2.42. The van der Waals surface area contributed by atoms with E-state index < -0.39 is 0 Å². The monoisotopic (exact) mass is 216 g/mol. The van der Waals surface area contributed by atoms with E-state index in [1.807, 2.05) is 6.07 Å². The molecule has 4 heteroatoms. The Labute approximate surface area is 92.1 Å². The molecule has 16 heavy (non-hydrogen) atoms. The van der Waals surface area contributed by atoms with Crippen molar-refractivity contribution < 1.29 is 9.25 Å². The molecule has 0 heterocycles. The van der Waals surface area contributed by atoms with Crippen LogP contribution in [0.15, 0.2) is 59.7 Å². The Morgan fingerprint density at radius 1 is 0.938 bits per heavy atom. The van der Waals surface area contributed by atoms with E-state index in [1.54, 1.807) is 24.3 Å². The minimum absolute atomic E-state index is 0.297. The van der Waals surface area contributed by atoms with Crippen LogP contribution in [0.5, 0.6) is 0 Å². The molecule has 3 nitrogen and oxygen atoms in total. The summed E-state index contributed by atoms with van der Waals surface area (Å²) in [5, 5.41) is 15.4. The first-order valence-corrected chi connectivity index (χ1v) is 4.75. The van der Waals surface area contributed by atoms with Crippen LogP contribution in [0, 0.1) is 11.0 Å². The normalized spacial score (nSPS) is 11.4. The smallest absolute Gasteiger partial charge is 0.245 e. The van der Waals surface area contributed by atoms with Crippen LogP contribution in [0.1, 0.15) is 0 Å². The van der Waals surface area contributed by atoms with Crippen molar-refractivity contribution in [1.29, 1.82) is 0 Å². The van der Waals surface area contributed by atoms with Gasteiger partial charge < -0.3 is 5.21 Å². The number of rotatable bonds is 2. The Morgan fingerprint density at radius 2 is 1.56 bits per heavy atom. The summed E-state index contributed by atoms with van der Waals surface area (Å²) in [4.78, 5) is 0.467. The Morgan fingerprint density at radius 3 is 2.19 bits per heavy atom. The molecule has 2 aromatic carbocycles. The van der Waals surface area contributed by atoms with E-state index in [9.17, 15) is 9.60 Å². The summed E-state index contributed by atoms with van der Waals surface area (Å²) < 4.78 is 12.6. The maximum Gasteiger partial charge on any atom is 0.245 e. The molecule has 80 valence electrons. The lowest BCUT2D eigenvalue weighted by molar-refractivity contribution is -0.435. The van der Waals surface area contributed by atoms with Gasteiger partial charge in [-0.1, -0.05) is 23.1 Å². The molecule has 0 fully saturated rings. The van der Waals surface area contributed by atoms with Gasteiger partial charge in [0.25, 0.3) is 0 Å². The first-order chi connectivity index (χ1) is 7.75. The topological polar surface area (TPSA) is 38.4 Å². The highest BCUT2D eigenvalue weighted by molar-refractivity contribution is 5.35.